The van der Waals surface area contributed by atoms with Gasteiger partial charge in [-0.15, -0.1) is 0 Å². The van der Waals surface area contributed by atoms with Crippen LogP contribution in [0.4, 0.5) is 0 Å². The van der Waals surface area contributed by atoms with Crippen molar-refractivity contribution in [2.24, 2.45) is 0 Å². The summed E-state index contributed by atoms with van der Waals surface area (Å²) in [6, 6.07) is 0. The molecule has 0 saturated carbocycles. The smallest absolute Gasteiger partial charge is 0.0490 e. The van der Waals surface area contributed by atoms with Gasteiger partial charge in [-0.05, 0) is 12.3 Å². The third-order valence-corrected chi connectivity index (χ3v) is 1.23. The molecule has 0 spiro atoms. The highest BCUT2D eigenvalue weighted by atomic mass is 16.3. The molecule has 0 atom stereocenters. The standard InChI is InChI=1S/C7H15O/c1-3-4-5-7(2)6-8/h8H,3-6H2,1-2H3. The molecule has 0 heterocycles. The van der Waals surface area contributed by atoms with Crippen LogP contribution in [0.3, 0.4) is 0 Å². The minimum Gasteiger partial charge on any atom is -0.396 e. The molecule has 0 aromatic carbocycles. The van der Waals surface area contributed by atoms with Crippen LogP contribution in [0.2, 0.25) is 0 Å². The first kappa shape index (κ1) is 7.96. The van der Waals surface area contributed by atoms with Gasteiger partial charge in [0.25, 0.3) is 0 Å². The molecule has 1 nitrogen and oxygen atoms in total. The summed E-state index contributed by atoms with van der Waals surface area (Å²) in [6.45, 7) is 4.42. The SMILES string of the molecule is CCCC[C](C)CO. The summed E-state index contributed by atoms with van der Waals surface area (Å²) in [5.41, 5.74) is 0. The van der Waals surface area contributed by atoms with Gasteiger partial charge in [0.15, 0.2) is 0 Å². The highest BCUT2D eigenvalue weighted by Crippen LogP contribution is 2.07. The summed E-state index contributed by atoms with van der Waals surface area (Å²) >= 11 is 0. The van der Waals surface area contributed by atoms with E-state index in [1.54, 1.807) is 0 Å². The van der Waals surface area contributed by atoms with Crippen molar-refractivity contribution in [3.8, 4) is 0 Å². The van der Waals surface area contributed by atoms with Crippen molar-refractivity contribution in [3.63, 3.8) is 0 Å². The van der Waals surface area contributed by atoms with Crippen LogP contribution in [-0.2, 0) is 0 Å². The first-order chi connectivity index (χ1) is 3.81. The Kier molecular flexibility index (Phi) is 5.08. The molecular weight excluding hydrogens is 100 g/mol. The monoisotopic (exact) mass is 115 g/mol. The van der Waals surface area contributed by atoms with E-state index in [0.29, 0.717) is 0 Å². The molecule has 0 aromatic rings. The van der Waals surface area contributed by atoms with Crippen LogP contribution >= 0.6 is 0 Å². The van der Waals surface area contributed by atoms with Gasteiger partial charge in [-0.3, -0.25) is 0 Å². The van der Waals surface area contributed by atoms with E-state index in [9.17, 15) is 0 Å². The molecule has 0 aliphatic rings. The summed E-state index contributed by atoms with van der Waals surface area (Å²) in [6.07, 6.45) is 3.52. The second kappa shape index (κ2) is 5.10. The topological polar surface area (TPSA) is 20.2 Å². The van der Waals surface area contributed by atoms with Crippen molar-refractivity contribution in [2.75, 3.05) is 6.61 Å². The van der Waals surface area contributed by atoms with E-state index in [2.05, 4.69) is 6.92 Å². The molecule has 0 fully saturated rings. The van der Waals surface area contributed by atoms with E-state index in [1.165, 1.54) is 18.8 Å². The maximum absolute atomic E-state index is 8.52. The highest BCUT2D eigenvalue weighted by molar-refractivity contribution is 4.81. The zero-order valence-electron chi connectivity index (χ0n) is 5.78. The minimum absolute atomic E-state index is 0.264. The van der Waals surface area contributed by atoms with Gasteiger partial charge in [-0.25, -0.2) is 0 Å². The number of aliphatic hydroxyl groups is 1. The molecule has 0 rings (SSSR count). The Hall–Kier alpha value is -0.0400. The summed E-state index contributed by atoms with van der Waals surface area (Å²) in [5.74, 6) is 1.20. The molecule has 0 aliphatic carbocycles. The molecule has 1 radical (unpaired) electrons. The number of rotatable bonds is 4. The number of aliphatic hydroxyl groups excluding tert-OH is 1. The number of unbranched alkanes of at least 4 members (excludes halogenated alkanes) is 1. The van der Waals surface area contributed by atoms with Crippen molar-refractivity contribution in [1.82, 2.24) is 0 Å². The van der Waals surface area contributed by atoms with Crippen molar-refractivity contribution < 1.29 is 5.11 Å². The van der Waals surface area contributed by atoms with Crippen LogP contribution in [-0.4, -0.2) is 11.7 Å². The fraction of sp³-hybridized carbons (Fsp3) is 0.857. The lowest BCUT2D eigenvalue weighted by molar-refractivity contribution is 0.302. The van der Waals surface area contributed by atoms with Crippen LogP contribution in [0.1, 0.15) is 33.1 Å². The third-order valence-electron chi connectivity index (χ3n) is 1.23. The first-order valence-corrected chi connectivity index (χ1v) is 3.23. The molecule has 8 heavy (non-hydrogen) atoms. The average Bonchev–Trinajstić information content (AvgIpc) is 1.83. The Morgan fingerprint density at radius 3 is 2.50 bits per heavy atom. The highest BCUT2D eigenvalue weighted by Gasteiger charge is 1.96. The Morgan fingerprint density at radius 1 is 1.50 bits per heavy atom. The van der Waals surface area contributed by atoms with E-state index in [1.807, 2.05) is 6.92 Å². The lowest BCUT2D eigenvalue weighted by Gasteiger charge is -2.02. The fourth-order valence-electron chi connectivity index (χ4n) is 0.558. The summed E-state index contributed by atoms with van der Waals surface area (Å²) in [7, 11) is 0. The van der Waals surface area contributed by atoms with Gasteiger partial charge in [-0.2, -0.15) is 0 Å². The zero-order chi connectivity index (χ0) is 6.41. The van der Waals surface area contributed by atoms with Crippen LogP contribution in [0.25, 0.3) is 0 Å². The van der Waals surface area contributed by atoms with Gasteiger partial charge in [-0.1, -0.05) is 26.7 Å². The molecule has 0 unspecified atom stereocenters. The molecule has 0 bridgehead atoms. The first-order valence-electron chi connectivity index (χ1n) is 3.23. The van der Waals surface area contributed by atoms with E-state index in [4.69, 9.17) is 5.11 Å². The molecule has 0 aliphatic heterocycles. The van der Waals surface area contributed by atoms with Crippen molar-refractivity contribution in [1.29, 1.82) is 0 Å². The maximum Gasteiger partial charge on any atom is 0.0490 e. The predicted octanol–water partition coefficient (Wildman–Crippen LogP) is 1.76. The minimum atomic E-state index is 0.264. The zero-order valence-corrected chi connectivity index (χ0v) is 5.78. The van der Waals surface area contributed by atoms with Crippen LogP contribution in [0.5, 0.6) is 0 Å². The lowest BCUT2D eigenvalue weighted by atomic mass is 10.1. The van der Waals surface area contributed by atoms with Gasteiger partial charge in [0.2, 0.25) is 0 Å². The van der Waals surface area contributed by atoms with E-state index >= 15 is 0 Å². The van der Waals surface area contributed by atoms with E-state index in [0.717, 1.165) is 6.42 Å². The molecule has 0 saturated heterocycles. The van der Waals surface area contributed by atoms with Crippen LogP contribution < -0.4 is 0 Å². The van der Waals surface area contributed by atoms with Crippen molar-refractivity contribution in [2.45, 2.75) is 33.1 Å². The summed E-state index contributed by atoms with van der Waals surface area (Å²) < 4.78 is 0. The van der Waals surface area contributed by atoms with Gasteiger partial charge in [0.1, 0.15) is 0 Å². The Morgan fingerprint density at radius 2 is 2.12 bits per heavy atom. The molecule has 49 valence electrons. The van der Waals surface area contributed by atoms with E-state index in [-0.39, 0.29) is 6.61 Å². The van der Waals surface area contributed by atoms with Crippen molar-refractivity contribution >= 4 is 0 Å². The molecule has 0 amide bonds. The summed E-state index contributed by atoms with van der Waals surface area (Å²) in [4.78, 5) is 0. The van der Waals surface area contributed by atoms with Gasteiger partial charge >= 0.3 is 0 Å². The normalized spacial score (nSPS) is 10.5. The van der Waals surface area contributed by atoms with Crippen LogP contribution in [0.15, 0.2) is 0 Å². The van der Waals surface area contributed by atoms with Crippen LogP contribution in [0, 0.1) is 5.92 Å². The molecule has 0 aromatic heterocycles. The second-order valence-corrected chi connectivity index (χ2v) is 2.22. The molecular formula is C7H15O. The number of hydrogen-bond acceptors (Lipinski definition) is 1. The van der Waals surface area contributed by atoms with Crippen molar-refractivity contribution in [3.05, 3.63) is 5.92 Å². The van der Waals surface area contributed by atoms with E-state index < -0.39 is 0 Å². The summed E-state index contributed by atoms with van der Waals surface area (Å²) in [5, 5.41) is 8.52. The lowest BCUT2D eigenvalue weighted by Crippen LogP contribution is -1.96. The second-order valence-electron chi connectivity index (χ2n) is 2.22. The Labute approximate surface area is 51.7 Å². The quantitative estimate of drug-likeness (QED) is 0.592. The molecule has 1 N–H and O–H groups in total. The predicted molar refractivity (Wildman–Crippen MR) is 35.5 cm³/mol. The van der Waals surface area contributed by atoms with Gasteiger partial charge < -0.3 is 5.11 Å². The largest absolute Gasteiger partial charge is 0.396 e. The van der Waals surface area contributed by atoms with Gasteiger partial charge in [0, 0.05) is 6.61 Å². The van der Waals surface area contributed by atoms with Gasteiger partial charge in [0.05, 0.1) is 0 Å². The number of hydrogen-bond donors (Lipinski definition) is 1. The average molecular weight is 115 g/mol. The maximum atomic E-state index is 8.52. The Bertz CT molecular complexity index is 43.7. The molecule has 1 heteroatoms. The Balaban J connectivity index is 2.86. The third kappa shape index (κ3) is 4.13. The fourth-order valence-corrected chi connectivity index (χ4v) is 0.558.